The molecular weight excluding hydrogens is 207 g/mol. The summed E-state index contributed by atoms with van der Waals surface area (Å²) in [6.07, 6.45) is 1.98. The molecule has 1 aromatic rings. The van der Waals surface area contributed by atoms with Crippen LogP contribution < -0.4 is 11.1 Å². The predicted molar refractivity (Wildman–Crippen MR) is 60.3 cm³/mol. The number of hydrogen-bond donors (Lipinski definition) is 2. The maximum absolute atomic E-state index is 12.9. The maximum Gasteiger partial charge on any atom is 0.244 e. The molecule has 16 heavy (non-hydrogen) atoms. The smallest absolute Gasteiger partial charge is 0.244 e. The van der Waals surface area contributed by atoms with Crippen LogP contribution >= 0.6 is 0 Å². The number of rotatable bonds is 3. The lowest BCUT2D eigenvalue weighted by molar-refractivity contribution is -0.121. The van der Waals surface area contributed by atoms with Crippen molar-refractivity contribution in [3.8, 4) is 0 Å². The van der Waals surface area contributed by atoms with E-state index in [2.05, 4.69) is 5.32 Å². The maximum atomic E-state index is 12.9. The summed E-state index contributed by atoms with van der Waals surface area (Å²) in [7, 11) is 0. The van der Waals surface area contributed by atoms with Gasteiger partial charge in [-0.15, -0.1) is 0 Å². The fourth-order valence-electron chi connectivity index (χ4n) is 1.70. The fraction of sp³-hybridized carbons (Fsp3) is 0.417. The minimum Gasteiger partial charge on any atom is -0.324 e. The average molecular weight is 222 g/mol. The van der Waals surface area contributed by atoms with Crippen LogP contribution in [0.1, 0.15) is 19.8 Å². The molecule has 1 aromatic carbocycles. The molecule has 1 unspecified atom stereocenters. The van der Waals surface area contributed by atoms with Gasteiger partial charge in [0.15, 0.2) is 0 Å². The Hall–Kier alpha value is -1.42. The second-order valence-electron chi connectivity index (χ2n) is 4.52. The third-order valence-corrected chi connectivity index (χ3v) is 3.00. The van der Waals surface area contributed by atoms with Crippen LogP contribution in [0.5, 0.6) is 0 Å². The van der Waals surface area contributed by atoms with E-state index in [1.54, 1.807) is 19.1 Å². The lowest BCUT2D eigenvalue weighted by Crippen LogP contribution is -2.50. The van der Waals surface area contributed by atoms with Crippen molar-refractivity contribution in [3.05, 3.63) is 30.1 Å². The number of benzene rings is 1. The zero-order valence-electron chi connectivity index (χ0n) is 9.16. The van der Waals surface area contributed by atoms with Crippen molar-refractivity contribution in [1.29, 1.82) is 0 Å². The van der Waals surface area contributed by atoms with Gasteiger partial charge in [0, 0.05) is 5.69 Å². The van der Waals surface area contributed by atoms with Crippen LogP contribution in [0.15, 0.2) is 24.3 Å². The molecule has 0 bridgehead atoms. The van der Waals surface area contributed by atoms with E-state index in [1.165, 1.54) is 12.1 Å². The Balaban J connectivity index is 2.07. The van der Waals surface area contributed by atoms with Crippen molar-refractivity contribution in [2.75, 3.05) is 5.32 Å². The van der Waals surface area contributed by atoms with Crippen molar-refractivity contribution >= 4 is 11.6 Å². The van der Waals surface area contributed by atoms with Crippen LogP contribution in [-0.4, -0.2) is 11.4 Å². The van der Waals surface area contributed by atoms with Crippen LogP contribution in [0, 0.1) is 11.7 Å². The second-order valence-corrected chi connectivity index (χ2v) is 4.52. The molecule has 86 valence electrons. The van der Waals surface area contributed by atoms with Gasteiger partial charge < -0.3 is 11.1 Å². The highest BCUT2D eigenvalue weighted by Crippen LogP contribution is 2.38. The number of nitrogens with two attached hydrogens (primary N) is 1. The first-order chi connectivity index (χ1) is 7.50. The Morgan fingerprint density at radius 1 is 1.56 bits per heavy atom. The standard InChI is InChI=1S/C12H15FN2O/c1-12(14,8-5-6-8)11(16)15-10-4-2-3-9(13)7-10/h2-4,7-8H,5-6,14H2,1H3,(H,15,16). The van der Waals surface area contributed by atoms with E-state index in [-0.39, 0.29) is 17.6 Å². The number of hydrogen-bond acceptors (Lipinski definition) is 2. The summed E-state index contributed by atoms with van der Waals surface area (Å²) in [6.45, 7) is 1.72. The quantitative estimate of drug-likeness (QED) is 0.820. The van der Waals surface area contributed by atoms with Gasteiger partial charge in [0.1, 0.15) is 5.82 Å². The van der Waals surface area contributed by atoms with E-state index in [9.17, 15) is 9.18 Å². The molecule has 0 heterocycles. The zero-order chi connectivity index (χ0) is 11.8. The summed E-state index contributed by atoms with van der Waals surface area (Å²) in [5.41, 5.74) is 5.54. The van der Waals surface area contributed by atoms with E-state index in [1.807, 2.05) is 0 Å². The number of carbonyl (C=O) groups excluding carboxylic acids is 1. The molecule has 0 radical (unpaired) electrons. The van der Waals surface area contributed by atoms with Gasteiger partial charge in [0.25, 0.3) is 0 Å². The minimum absolute atomic E-state index is 0.249. The summed E-state index contributed by atoms with van der Waals surface area (Å²) in [5, 5.41) is 2.64. The van der Waals surface area contributed by atoms with Gasteiger partial charge in [-0.1, -0.05) is 6.07 Å². The monoisotopic (exact) mass is 222 g/mol. The van der Waals surface area contributed by atoms with Gasteiger partial charge in [-0.2, -0.15) is 0 Å². The zero-order valence-corrected chi connectivity index (χ0v) is 9.16. The largest absolute Gasteiger partial charge is 0.324 e. The van der Waals surface area contributed by atoms with Crippen molar-refractivity contribution in [2.45, 2.75) is 25.3 Å². The lowest BCUT2D eigenvalue weighted by Gasteiger charge is -2.23. The molecule has 1 fully saturated rings. The summed E-state index contributed by atoms with van der Waals surface area (Å²) in [6, 6.07) is 5.80. The number of halogens is 1. The van der Waals surface area contributed by atoms with Gasteiger partial charge >= 0.3 is 0 Å². The Labute approximate surface area is 93.8 Å². The highest BCUT2D eigenvalue weighted by atomic mass is 19.1. The molecule has 1 amide bonds. The van der Waals surface area contributed by atoms with Crippen LogP contribution in [-0.2, 0) is 4.79 Å². The Bertz CT molecular complexity index is 413. The molecule has 0 aliphatic heterocycles. The van der Waals surface area contributed by atoms with Gasteiger partial charge in [0.2, 0.25) is 5.91 Å². The Kier molecular flexibility index (Phi) is 2.68. The highest BCUT2D eigenvalue weighted by molar-refractivity contribution is 5.98. The van der Waals surface area contributed by atoms with Gasteiger partial charge in [-0.3, -0.25) is 4.79 Å². The first-order valence-electron chi connectivity index (χ1n) is 5.36. The summed E-state index contributed by atoms with van der Waals surface area (Å²) < 4.78 is 12.9. The minimum atomic E-state index is -0.855. The molecule has 3 nitrogen and oxygen atoms in total. The van der Waals surface area contributed by atoms with Gasteiger partial charge in [0.05, 0.1) is 5.54 Å². The number of amides is 1. The molecular formula is C12H15FN2O. The molecule has 0 saturated heterocycles. The van der Waals surface area contributed by atoms with Crippen molar-refractivity contribution < 1.29 is 9.18 Å². The van der Waals surface area contributed by atoms with Gasteiger partial charge in [-0.05, 0) is 43.9 Å². The Morgan fingerprint density at radius 3 is 2.81 bits per heavy atom. The van der Waals surface area contributed by atoms with E-state index >= 15 is 0 Å². The molecule has 1 atom stereocenters. The lowest BCUT2D eigenvalue weighted by atomic mass is 9.96. The van der Waals surface area contributed by atoms with Crippen LogP contribution in [0.3, 0.4) is 0 Å². The molecule has 2 rings (SSSR count). The third-order valence-electron chi connectivity index (χ3n) is 3.00. The molecule has 3 N–H and O–H groups in total. The molecule has 1 saturated carbocycles. The van der Waals surface area contributed by atoms with E-state index < -0.39 is 5.54 Å². The summed E-state index contributed by atoms with van der Waals surface area (Å²) >= 11 is 0. The highest BCUT2D eigenvalue weighted by Gasteiger charge is 2.44. The van der Waals surface area contributed by atoms with Crippen molar-refractivity contribution in [1.82, 2.24) is 0 Å². The third kappa shape index (κ3) is 2.22. The topological polar surface area (TPSA) is 55.1 Å². The molecule has 0 aromatic heterocycles. The second kappa shape index (κ2) is 3.87. The SMILES string of the molecule is CC(N)(C(=O)Nc1cccc(F)c1)C1CC1. The first-order valence-corrected chi connectivity index (χ1v) is 5.36. The van der Waals surface area contributed by atoms with Crippen LogP contribution in [0.2, 0.25) is 0 Å². The van der Waals surface area contributed by atoms with Crippen molar-refractivity contribution in [3.63, 3.8) is 0 Å². The fourth-order valence-corrected chi connectivity index (χ4v) is 1.70. The summed E-state index contributed by atoms with van der Waals surface area (Å²) in [5.74, 6) is -0.371. The van der Waals surface area contributed by atoms with Crippen molar-refractivity contribution in [2.24, 2.45) is 11.7 Å². The molecule has 4 heteroatoms. The van der Waals surface area contributed by atoms with Crippen LogP contribution in [0.25, 0.3) is 0 Å². The number of carbonyl (C=O) groups is 1. The van der Waals surface area contributed by atoms with Crippen LogP contribution in [0.4, 0.5) is 10.1 Å². The molecule has 1 aliphatic carbocycles. The van der Waals surface area contributed by atoms with Gasteiger partial charge in [-0.25, -0.2) is 4.39 Å². The predicted octanol–water partition coefficient (Wildman–Crippen LogP) is 1.89. The normalized spacial score (nSPS) is 18.9. The van der Waals surface area contributed by atoms with E-state index in [0.717, 1.165) is 12.8 Å². The number of nitrogens with one attached hydrogen (secondary N) is 1. The van der Waals surface area contributed by atoms with E-state index in [0.29, 0.717) is 5.69 Å². The molecule has 0 spiro atoms. The van der Waals surface area contributed by atoms with E-state index in [4.69, 9.17) is 5.73 Å². The number of anilines is 1. The molecule has 1 aliphatic rings. The summed E-state index contributed by atoms with van der Waals surface area (Å²) in [4.78, 5) is 11.9. The average Bonchev–Trinajstić information content (AvgIpc) is 3.00. The first kappa shape index (κ1) is 11.1. The Morgan fingerprint density at radius 2 is 2.25 bits per heavy atom.